The number of rotatable bonds is 4. The number of cyclic esters (lactones) is 1. The van der Waals surface area contributed by atoms with E-state index in [1.807, 2.05) is 42.5 Å². The summed E-state index contributed by atoms with van der Waals surface area (Å²) in [6.07, 6.45) is 3.62. The molecular weight excluding hydrogens is 340 g/mol. The van der Waals surface area contributed by atoms with Crippen molar-refractivity contribution in [3.8, 4) is 0 Å². The van der Waals surface area contributed by atoms with Crippen LogP contribution in [0.5, 0.6) is 0 Å². The minimum absolute atomic E-state index is 0.183. The number of aromatic nitrogens is 1. The fraction of sp³-hybridized carbons (Fsp3) is 0.136. The average molecular weight is 358 g/mol. The SMILES string of the molecule is O=C(NCc1cccnc1)c1ccc2c(c1)CC(c1ccccc1)OC2=O. The van der Waals surface area contributed by atoms with Gasteiger partial charge in [0, 0.05) is 30.9 Å². The maximum absolute atomic E-state index is 12.5. The van der Waals surface area contributed by atoms with E-state index < -0.39 is 0 Å². The van der Waals surface area contributed by atoms with E-state index in [1.54, 1.807) is 30.6 Å². The van der Waals surface area contributed by atoms with Crippen molar-refractivity contribution in [3.63, 3.8) is 0 Å². The maximum atomic E-state index is 12.5. The van der Waals surface area contributed by atoms with Gasteiger partial charge in [0.2, 0.25) is 0 Å². The molecule has 1 atom stereocenters. The predicted octanol–water partition coefficient (Wildman–Crippen LogP) is 3.47. The van der Waals surface area contributed by atoms with Gasteiger partial charge in [-0.1, -0.05) is 36.4 Å². The van der Waals surface area contributed by atoms with Crippen LogP contribution in [0.1, 0.15) is 43.5 Å². The quantitative estimate of drug-likeness (QED) is 0.725. The molecule has 2 aromatic carbocycles. The number of nitrogens with one attached hydrogen (secondary N) is 1. The summed E-state index contributed by atoms with van der Waals surface area (Å²) in [4.78, 5) is 28.9. The van der Waals surface area contributed by atoms with Gasteiger partial charge in [-0.2, -0.15) is 0 Å². The number of esters is 1. The van der Waals surface area contributed by atoms with Crippen molar-refractivity contribution in [1.29, 1.82) is 0 Å². The third-order valence-corrected chi connectivity index (χ3v) is 4.59. The number of hydrogen-bond acceptors (Lipinski definition) is 4. The Kier molecular flexibility index (Phi) is 4.66. The van der Waals surface area contributed by atoms with Crippen molar-refractivity contribution < 1.29 is 14.3 Å². The maximum Gasteiger partial charge on any atom is 0.339 e. The van der Waals surface area contributed by atoms with Crippen LogP contribution in [-0.4, -0.2) is 16.9 Å². The van der Waals surface area contributed by atoms with Crippen LogP contribution in [-0.2, 0) is 17.7 Å². The molecule has 0 bridgehead atoms. The molecule has 0 radical (unpaired) electrons. The number of fused-ring (bicyclic) bond motifs is 1. The fourth-order valence-electron chi connectivity index (χ4n) is 3.18. The zero-order valence-electron chi connectivity index (χ0n) is 14.6. The summed E-state index contributed by atoms with van der Waals surface area (Å²) in [6, 6.07) is 18.5. The first-order valence-corrected chi connectivity index (χ1v) is 8.76. The number of nitrogens with zero attached hydrogens (tertiary/aromatic N) is 1. The summed E-state index contributed by atoms with van der Waals surface area (Å²) in [5, 5.41) is 2.88. The molecule has 1 unspecified atom stereocenters. The van der Waals surface area contributed by atoms with Gasteiger partial charge in [0.1, 0.15) is 6.10 Å². The molecule has 0 fully saturated rings. The van der Waals surface area contributed by atoms with E-state index in [0.717, 1.165) is 16.7 Å². The molecule has 2 heterocycles. The second-order valence-electron chi connectivity index (χ2n) is 6.42. The van der Waals surface area contributed by atoms with E-state index in [-0.39, 0.29) is 18.0 Å². The summed E-state index contributed by atoms with van der Waals surface area (Å²) in [6.45, 7) is 0.401. The van der Waals surface area contributed by atoms with Crippen LogP contribution in [0.3, 0.4) is 0 Å². The summed E-state index contributed by atoms with van der Waals surface area (Å²) < 4.78 is 5.56. The molecule has 1 amide bonds. The van der Waals surface area contributed by atoms with Gasteiger partial charge in [-0.05, 0) is 41.0 Å². The van der Waals surface area contributed by atoms with Crippen molar-refractivity contribution in [2.45, 2.75) is 19.1 Å². The van der Waals surface area contributed by atoms with Crippen LogP contribution >= 0.6 is 0 Å². The number of ether oxygens (including phenoxy) is 1. The monoisotopic (exact) mass is 358 g/mol. The number of amides is 1. The van der Waals surface area contributed by atoms with Gasteiger partial charge in [-0.25, -0.2) is 4.79 Å². The molecule has 0 spiro atoms. The first-order chi connectivity index (χ1) is 13.2. The van der Waals surface area contributed by atoms with E-state index in [1.165, 1.54) is 0 Å². The Morgan fingerprint density at radius 1 is 1.11 bits per heavy atom. The highest BCUT2D eigenvalue weighted by molar-refractivity contribution is 5.97. The lowest BCUT2D eigenvalue weighted by molar-refractivity contribution is 0.0252. The lowest BCUT2D eigenvalue weighted by Crippen LogP contribution is -2.25. The molecule has 1 aromatic heterocycles. The number of carbonyl (C=O) groups is 2. The van der Waals surface area contributed by atoms with E-state index in [2.05, 4.69) is 10.3 Å². The van der Waals surface area contributed by atoms with Gasteiger partial charge >= 0.3 is 5.97 Å². The van der Waals surface area contributed by atoms with E-state index in [4.69, 9.17) is 4.74 Å². The van der Waals surface area contributed by atoms with E-state index in [0.29, 0.717) is 24.1 Å². The lowest BCUT2D eigenvalue weighted by Gasteiger charge is -2.25. The van der Waals surface area contributed by atoms with Crippen molar-refractivity contribution >= 4 is 11.9 Å². The Labute approximate surface area is 157 Å². The largest absolute Gasteiger partial charge is 0.454 e. The zero-order valence-corrected chi connectivity index (χ0v) is 14.6. The molecule has 134 valence electrons. The Morgan fingerprint density at radius 2 is 1.96 bits per heavy atom. The highest BCUT2D eigenvalue weighted by atomic mass is 16.5. The molecule has 0 saturated heterocycles. The van der Waals surface area contributed by atoms with Crippen LogP contribution in [0.4, 0.5) is 0 Å². The first-order valence-electron chi connectivity index (χ1n) is 8.76. The van der Waals surface area contributed by atoms with Gasteiger partial charge in [-0.3, -0.25) is 9.78 Å². The molecule has 5 nitrogen and oxygen atoms in total. The summed E-state index contributed by atoms with van der Waals surface area (Å²) in [7, 11) is 0. The van der Waals surface area contributed by atoms with Gasteiger partial charge < -0.3 is 10.1 Å². The van der Waals surface area contributed by atoms with Gasteiger partial charge in [-0.15, -0.1) is 0 Å². The summed E-state index contributed by atoms with van der Waals surface area (Å²) in [5.74, 6) is -0.538. The minimum Gasteiger partial charge on any atom is -0.454 e. The highest BCUT2D eigenvalue weighted by Gasteiger charge is 2.28. The van der Waals surface area contributed by atoms with E-state index in [9.17, 15) is 9.59 Å². The second-order valence-corrected chi connectivity index (χ2v) is 6.42. The normalized spacial score (nSPS) is 15.6. The predicted molar refractivity (Wildman–Crippen MR) is 100 cm³/mol. The van der Waals surface area contributed by atoms with E-state index >= 15 is 0 Å². The van der Waals surface area contributed by atoms with Crippen LogP contribution in [0.2, 0.25) is 0 Å². The van der Waals surface area contributed by atoms with Crippen LogP contribution in [0.25, 0.3) is 0 Å². The van der Waals surface area contributed by atoms with Gasteiger partial charge in [0.25, 0.3) is 5.91 Å². The molecule has 5 heteroatoms. The molecule has 1 N–H and O–H groups in total. The first kappa shape index (κ1) is 17.0. The highest BCUT2D eigenvalue weighted by Crippen LogP contribution is 2.31. The summed E-state index contributed by atoms with van der Waals surface area (Å²) >= 11 is 0. The van der Waals surface area contributed by atoms with Crippen molar-refractivity contribution in [2.24, 2.45) is 0 Å². The molecule has 1 aliphatic rings. The molecule has 3 aromatic rings. The topological polar surface area (TPSA) is 68.3 Å². The van der Waals surface area contributed by atoms with Crippen molar-refractivity contribution in [3.05, 3.63) is 101 Å². The molecule has 1 aliphatic heterocycles. The number of pyridine rings is 1. The Bertz CT molecular complexity index is 971. The Balaban J connectivity index is 1.52. The molecule has 4 rings (SSSR count). The zero-order chi connectivity index (χ0) is 18.6. The fourth-order valence-corrected chi connectivity index (χ4v) is 3.18. The van der Waals surface area contributed by atoms with Crippen molar-refractivity contribution in [2.75, 3.05) is 0 Å². The minimum atomic E-state index is -0.354. The van der Waals surface area contributed by atoms with Gasteiger partial charge in [0.15, 0.2) is 0 Å². The summed E-state index contributed by atoms with van der Waals surface area (Å²) in [5.41, 5.74) is 3.75. The standard InChI is InChI=1S/C22H18N2O3/c25-21(24-14-15-5-4-10-23-13-15)17-8-9-19-18(11-17)12-20(27-22(19)26)16-6-2-1-3-7-16/h1-11,13,20H,12,14H2,(H,24,25). The molecular formula is C22H18N2O3. The third kappa shape index (κ3) is 3.72. The van der Waals surface area contributed by atoms with Crippen LogP contribution in [0, 0.1) is 0 Å². The second kappa shape index (κ2) is 7.41. The van der Waals surface area contributed by atoms with Crippen LogP contribution in [0.15, 0.2) is 73.1 Å². The average Bonchev–Trinajstić information content (AvgIpc) is 2.73. The number of benzene rings is 2. The molecule has 0 saturated carbocycles. The third-order valence-electron chi connectivity index (χ3n) is 4.59. The lowest BCUT2D eigenvalue weighted by atomic mass is 9.93. The van der Waals surface area contributed by atoms with Gasteiger partial charge in [0.05, 0.1) is 5.56 Å². The molecule has 0 aliphatic carbocycles. The Hall–Kier alpha value is -3.47. The number of hydrogen-bond donors (Lipinski definition) is 1. The molecule has 27 heavy (non-hydrogen) atoms. The van der Waals surface area contributed by atoms with Crippen molar-refractivity contribution in [1.82, 2.24) is 10.3 Å². The smallest absolute Gasteiger partial charge is 0.339 e. The Morgan fingerprint density at radius 3 is 2.74 bits per heavy atom. The number of carbonyl (C=O) groups excluding carboxylic acids is 2. The van der Waals surface area contributed by atoms with Crippen LogP contribution < -0.4 is 5.32 Å².